The molecule has 1 aromatic rings. The molecule has 0 amide bonds. The zero-order chi connectivity index (χ0) is 10.7. The largest absolute Gasteiger partial charge is 0.314 e. The molecular weight excluding hydrogens is 206 g/mol. The third kappa shape index (κ3) is 3.00. The van der Waals surface area contributed by atoms with E-state index in [-0.39, 0.29) is 0 Å². The SMILES string of the molecule is Cc1nc(CCN2CCNCC2C)cs1. The molecule has 0 saturated carbocycles. The summed E-state index contributed by atoms with van der Waals surface area (Å²) in [6.07, 6.45) is 1.09. The fourth-order valence-corrected chi connectivity index (χ4v) is 2.64. The van der Waals surface area contributed by atoms with Crippen LogP contribution < -0.4 is 5.32 Å². The molecule has 2 heterocycles. The van der Waals surface area contributed by atoms with Gasteiger partial charge in [-0.15, -0.1) is 11.3 Å². The summed E-state index contributed by atoms with van der Waals surface area (Å²) >= 11 is 1.75. The lowest BCUT2D eigenvalue weighted by Crippen LogP contribution is -2.50. The van der Waals surface area contributed by atoms with Gasteiger partial charge in [-0.1, -0.05) is 0 Å². The summed E-state index contributed by atoms with van der Waals surface area (Å²) in [6.45, 7) is 8.92. The molecule has 0 radical (unpaired) electrons. The first kappa shape index (κ1) is 11.0. The first-order chi connectivity index (χ1) is 7.25. The summed E-state index contributed by atoms with van der Waals surface area (Å²) < 4.78 is 0. The molecule has 1 fully saturated rings. The molecule has 1 atom stereocenters. The minimum atomic E-state index is 0.665. The number of nitrogens with zero attached hydrogens (tertiary/aromatic N) is 2. The molecule has 15 heavy (non-hydrogen) atoms. The molecule has 3 nitrogen and oxygen atoms in total. The van der Waals surface area contributed by atoms with Crippen molar-refractivity contribution in [2.24, 2.45) is 0 Å². The molecule has 4 heteroatoms. The summed E-state index contributed by atoms with van der Waals surface area (Å²) in [6, 6.07) is 0.665. The fourth-order valence-electron chi connectivity index (χ4n) is 2.00. The Morgan fingerprint density at radius 3 is 3.20 bits per heavy atom. The van der Waals surface area contributed by atoms with Gasteiger partial charge < -0.3 is 5.32 Å². The van der Waals surface area contributed by atoms with Gasteiger partial charge in [-0.05, 0) is 13.8 Å². The van der Waals surface area contributed by atoms with Crippen molar-refractivity contribution >= 4 is 11.3 Å². The van der Waals surface area contributed by atoms with Gasteiger partial charge in [0.15, 0.2) is 0 Å². The van der Waals surface area contributed by atoms with Gasteiger partial charge in [-0.25, -0.2) is 4.98 Å². The summed E-state index contributed by atoms with van der Waals surface area (Å²) in [5.41, 5.74) is 1.25. The van der Waals surface area contributed by atoms with Crippen LogP contribution in [0.5, 0.6) is 0 Å². The van der Waals surface area contributed by atoms with E-state index in [1.54, 1.807) is 11.3 Å². The van der Waals surface area contributed by atoms with E-state index in [0.29, 0.717) is 6.04 Å². The maximum atomic E-state index is 4.50. The fraction of sp³-hybridized carbons (Fsp3) is 0.727. The molecule has 0 bridgehead atoms. The van der Waals surface area contributed by atoms with Gasteiger partial charge in [-0.2, -0.15) is 0 Å². The monoisotopic (exact) mass is 225 g/mol. The normalized spacial score (nSPS) is 23.2. The van der Waals surface area contributed by atoms with E-state index in [4.69, 9.17) is 0 Å². The minimum absolute atomic E-state index is 0.665. The van der Waals surface area contributed by atoms with E-state index in [1.807, 2.05) is 0 Å². The van der Waals surface area contributed by atoms with Crippen LogP contribution >= 0.6 is 11.3 Å². The maximum Gasteiger partial charge on any atom is 0.0897 e. The summed E-state index contributed by atoms with van der Waals surface area (Å²) in [5.74, 6) is 0. The number of hydrogen-bond donors (Lipinski definition) is 1. The summed E-state index contributed by atoms with van der Waals surface area (Å²) in [4.78, 5) is 7.04. The molecule has 2 rings (SSSR count). The van der Waals surface area contributed by atoms with Crippen LogP contribution in [0.1, 0.15) is 17.6 Å². The number of thiazole rings is 1. The molecule has 1 aromatic heterocycles. The first-order valence-electron chi connectivity index (χ1n) is 5.61. The molecule has 0 aromatic carbocycles. The smallest absolute Gasteiger partial charge is 0.0897 e. The Morgan fingerprint density at radius 2 is 2.53 bits per heavy atom. The molecule has 1 saturated heterocycles. The van der Waals surface area contributed by atoms with Gasteiger partial charge >= 0.3 is 0 Å². The number of piperazine rings is 1. The van der Waals surface area contributed by atoms with E-state index in [0.717, 1.165) is 26.1 Å². The molecule has 1 aliphatic heterocycles. The molecule has 0 spiro atoms. The van der Waals surface area contributed by atoms with E-state index >= 15 is 0 Å². The van der Waals surface area contributed by atoms with Crippen LogP contribution in [0.4, 0.5) is 0 Å². The van der Waals surface area contributed by atoms with Crippen molar-refractivity contribution in [3.63, 3.8) is 0 Å². The predicted molar refractivity (Wildman–Crippen MR) is 64.5 cm³/mol. The van der Waals surface area contributed by atoms with Crippen molar-refractivity contribution in [2.45, 2.75) is 26.3 Å². The standard InChI is InChI=1S/C11H19N3S/c1-9-7-12-4-6-14(9)5-3-11-8-15-10(2)13-11/h8-9,12H,3-7H2,1-2H3. The topological polar surface area (TPSA) is 28.2 Å². The lowest BCUT2D eigenvalue weighted by Gasteiger charge is -2.33. The molecule has 0 aliphatic carbocycles. The molecule has 84 valence electrons. The van der Waals surface area contributed by atoms with Crippen LogP contribution in [0.15, 0.2) is 5.38 Å². The zero-order valence-corrected chi connectivity index (χ0v) is 10.3. The van der Waals surface area contributed by atoms with Gasteiger partial charge in [0.1, 0.15) is 0 Å². The van der Waals surface area contributed by atoms with Gasteiger partial charge in [0.05, 0.1) is 10.7 Å². The quantitative estimate of drug-likeness (QED) is 0.840. The highest BCUT2D eigenvalue weighted by Crippen LogP contribution is 2.10. The zero-order valence-electron chi connectivity index (χ0n) is 9.49. The van der Waals surface area contributed by atoms with Crippen molar-refractivity contribution in [3.8, 4) is 0 Å². The Morgan fingerprint density at radius 1 is 1.67 bits per heavy atom. The van der Waals surface area contributed by atoms with Crippen LogP contribution in [-0.4, -0.2) is 42.1 Å². The highest BCUT2D eigenvalue weighted by atomic mass is 32.1. The average molecular weight is 225 g/mol. The van der Waals surface area contributed by atoms with Gasteiger partial charge in [0.2, 0.25) is 0 Å². The summed E-state index contributed by atoms with van der Waals surface area (Å²) in [7, 11) is 0. The molecule has 1 unspecified atom stereocenters. The molecule has 1 N–H and O–H groups in total. The molecule has 1 aliphatic rings. The second-order valence-corrected chi connectivity index (χ2v) is 5.26. The van der Waals surface area contributed by atoms with Crippen molar-refractivity contribution in [3.05, 3.63) is 16.1 Å². The van der Waals surface area contributed by atoms with Gasteiger partial charge in [0.25, 0.3) is 0 Å². The predicted octanol–water partition coefficient (Wildman–Crippen LogP) is 1.29. The number of aryl methyl sites for hydroxylation is 1. The highest BCUT2D eigenvalue weighted by molar-refractivity contribution is 7.09. The number of rotatable bonds is 3. The van der Waals surface area contributed by atoms with Crippen molar-refractivity contribution in [1.82, 2.24) is 15.2 Å². The van der Waals surface area contributed by atoms with Crippen LogP contribution in [0.25, 0.3) is 0 Å². The maximum absolute atomic E-state index is 4.50. The Hall–Kier alpha value is -0.450. The van der Waals surface area contributed by atoms with E-state index in [1.165, 1.54) is 17.2 Å². The third-order valence-corrected chi connectivity index (χ3v) is 3.78. The van der Waals surface area contributed by atoms with Crippen LogP contribution in [0.3, 0.4) is 0 Å². The lowest BCUT2D eigenvalue weighted by molar-refractivity contribution is 0.175. The van der Waals surface area contributed by atoms with Crippen LogP contribution in [-0.2, 0) is 6.42 Å². The molecular formula is C11H19N3S. The first-order valence-corrected chi connectivity index (χ1v) is 6.49. The Labute approximate surface area is 95.5 Å². The second-order valence-electron chi connectivity index (χ2n) is 4.20. The second kappa shape index (κ2) is 5.05. The number of aromatic nitrogens is 1. The Kier molecular flexibility index (Phi) is 3.72. The van der Waals surface area contributed by atoms with Crippen LogP contribution in [0.2, 0.25) is 0 Å². The minimum Gasteiger partial charge on any atom is -0.314 e. The number of nitrogens with one attached hydrogen (secondary N) is 1. The number of hydrogen-bond acceptors (Lipinski definition) is 4. The van der Waals surface area contributed by atoms with E-state index < -0.39 is 0 Å². The Bertz CT molecular complexity index is 311. The Balaban J connectivity index is 1.81. The van der Waals surface area contributed by atoms with Gasteiger partial charge in [-0.3, -0.25) is 4.90 Å². The lowest BCUT2D eigenvalue weighted by atomic mass is 10.2. The highest BCUT2D eigenvalue weighted by Gasteiger charge is 2.17. The van der Waals surface area contributed by atoms with Crippen molar-refractivity contribution < 1.29 is 0 Å². The summed E-state index contributed by atoms with van der Waals surface area (Å²) in [5, 5.41) is 6.77. The van der Waals surface area contributed by atoms with E-state index in [2.05, 4.69) is 34.4 Å². The van der Waals surface area contributed by atoms with Crippen LogP contribution in [0, 0.1) is 6.92 Å². The third-order valence-electron chi connectivity index (χ3n) is 2.96. The van der Waals surface area contributed by atoms with Gasteiger partial charge in [0, 0.05) is 44.0 Å². The van der Waals surface area contributed by atoms with E-state index in [9.17, 15) is 0 Å². The average Bonchev–Trinajstić information content (AvgIpc) is 2.63. The van der Waals surface area contributed by atoms with Crippen molar-refractivity contribution in [1.29, 1.82) is 0 Å². The van der Waals surface area contributed by atoms with Crippen molar-refractivity contribution in [2.75, 3.05) is 26.2 Å².